The minimum absolute atomic E-state index is 0.116. The third kappa shape index (κ3) is 3.27. The molecule has 5 nitrogen and oxygen atoms in total. The Morgan fingerprint density at radius 2 is 2.09 bits per heavy atom. The number of nitrogens with zero attached hydrogens (tertiary/aromatic N) is 4. The largest absolute Gasteiger partial charge is 0.348 e. The van der Waals surface area contributed by atoms with Crippen molar-refractivity contribution in [1.29, 1.82) is 0 Å². The predicted octanol–water partition coefficient (Wildman–Crippen LogP) is 4.13. The maximum absolute atomic E-state index is 4.31. The summed E-state index contributed by atoms with van der Waals surface area (Å²) >= 11 is 3.47. The van der Waals surface area contributed by atoms with Crippen molar-refractivity contribution < 1.29 is 0 Å². The summed E-state index contributed by atoms with van der Waals surface area (Å²) in [6, 6.07) is 4.20. The minimum atomic E-state index is 0.116. The van der Waals surface area contributed by atoms with Gasteiger partial charge in [0.15, 0.2) is 0 Å². The average molecular weight is 364 g/mol. The van der Waals surface area contributed by atoms with Crippen molar-refractivity contribution in [3.63, 3.8) is 0 Å². The maximum Gasteiger partial charge on any atom is 0.127 e. The van der Waals surface area contributed by atoms with Gasteiger partial charge in [0.25, 0.3) is 0 Å². The fraction of sp³-hybridized carbons (Fsp3) is 0.500. The molecule has 0 radical (unpaired) electrons. The molecule has 0 aliphatic carbocycles. The van der Waals surface area contributed by atoms with Crippen molar-refractivity contribution in [1.82, 2.24) is 24.5 Å². The monoisotopic (exact) mass is 363 g/mol. The van der Waals surface area contributed by atoms with Crippen LogP contribution in [0.15, 0.2) is 30.7 Å². The number of fused-ring (bicyclic) bond motifs is 1. The fourth-order valence-corrected chi connectivity index (χ4v) is 3.17. The highest BCUT2D eigenvalue weighted by Gasteiger charge is 2.12. The molecule has 22 heavy (non-hydrogen) atoms. The lowest BCUT2D eigenvalue weighted by Crippen LogP contribution is -2.14. The predicted molar refractivity (Wildman–Crippen MR) is 92.4 cm³/mol. The first-order chi connectivity index (χ1) is 10.8. The van der Waals surface area contributed by atoms with Gasteiger partial charge in [0.05, 0.1) is 11.9 Å². The van der Waals surface area contributed by atoms with E-state index in [1.165, 1.54) is 31.1 Å². The lowest BCUT2D eigenvalue weighted by Gasteiger charge is -2.14. The van der Waals surface area contributed by atoms with Gasteiger partial charge in [0, 0.05) is 23.1 Å². The summed E-state index contributed by atoms with van der Waals surface area (Å²) in [5.74, 6) is 0. The Bertz CT molecular complexity index is 711. The summed E-state index contributed by atoms with van der Waals surface area (Å²) in [6.45, 7) is 2.13. The Morgan fingerprint density at radius 3 is 2.95 bits per heavy atom. The van der Waals surface area contributed by atoms with Gasteiger partial charge in [-0.3, -0.25) is 0 Å². The zero-order chi connectivity index (χ0) is 15.4. The Morgan fingerprint density at radius 1 is 1.23 bits per heavy atom. The molecular weight excluding hydrogens is 342 g/mol. The van der Waals surface area contributed by atoms with Crippen LogP contribution in [0.2, 0.25) is 0 Å². The highest BCUT2D eigenvalue weighted by atomic mass is 79.9. The van der Waals surface area contributed by atoms with Gasteiger partial charge in [0.2, 0.25) is 0 Å². The third-order valence-corrected chi connectivity index (χ3v) is 4.65. The zero-order valence-electron chi connectivity index (χ0n) is 12.9. The highest BCUT2D eigenvalue weighted by Crippen LogP contribution is 2.19. The topological polar surface area (TPSA) is 51.4 Å². The number of aryl methyl sites for hydroxylation is 1. The number of halogens is 1. The number of aromatic amines is 1. The van der Waals surface area contributed by atoms with E-state index in [9.17, 15) is 0 Å². The number of aromatic nitrogens is 5. The Labute approximate surface area is 138 Å². The van der Waals surface area contributed by atoms with Crippen molar-refractivity contribution in [3.05, 3.63) is 36.4 Å². The SMILES string of the molecule is CC(n1cc(CCCCCCBr)nn1)n1ccc2cc[nH]c21. The number of H-pyrrole nitrogens is 1. The number of hydrogen-bond acceptors (Lipinski definition) is 2. The first kappa shape index (κ1) is 15.3. The van der Waals surface area contributed by atoms with E-state index in [1.54, 1.807) is 0 Å². The van der Waals surface area contributed by atoms with E-state index >= 15 is 0 Å². The molecular formula is C16H22BrN5. The van der Waals surface area contributed by atoms with Crippen LogP contribution in [0.25, 0.3) is 11.0 Å². The first-order valence-corrected chi connectivity index (χ1v) is 9.02. The van der Waals surface area contributed by atoms with Crippen molar-refractivity contribution in [2.75, 3.05) is 5.33 Å². The Balaban J connectivity index is 1.62. The van der Waals surface area contributed by atoms with Gasteiger partial charge >= 0.3 is 0 Å². The van der Waals surface area contributed by atoms with Crippen LogP contribution in [0.5, 0.6) is 0 Å². The van der Waals surface area contributed by atoms with Crippen LogP contribution in [0.3, 0.4) is 0 Å². The second kappa shape index (κ2) is 7.13. The van der Waals surface area contributed by atoms with Crippen molar-refractivity contribution in [3.8, 4) is 0 Å². The molecule has 3 heterocycles. The van der Waals surface area contributed by atoms with E-state index in [0.29, 0.717) is 0 Å². The summed E-state index contributed by atoms with van der Waals surface area (Å²) in [7, 11) is 0. The molecule has 1 atom stereocenters. The maximum atomic E-state index is 4.31. The molecule has 0 aliphatic rings. The smallest absolute Gasteiger partial charge is 0.127 e. The molecule has 0 aliphatic heterocycles. The first-order valence-electron chi connectivity index (χ1n) is 7.90. The van der Waals surface area contributed by atoms with Gasteiger partial charge in [-0.05, 0) is 38.3 Å². The highest BCUT2D eigenvalue weighted by molar-refractivity contribution is 9.09. The fourth-order valence-electron chi connectivity index (χ4n) is 2.77. The van der Waals surface area contributed by atoms with Crippen LogP contribution in [0.4, 0.5) is 0 Å². The van der Waals surface area contributed by atoms with Gasteiger partial charge in [0.1, 0.15) is 11.8 Å². The van der Waals surface area contributed by atoms with Crippen LogP contribution >= 0.6 is 15.9 Å². The zero-order valence-corrected chi connectivity index (χ0v) is 14.5. The van der Waals surface area contributed by atoms with Crippen molar-refractivity contribution >= 4 is 27.0 Å². The quantitative estimate of drug-likeness (QED) is 0.483. The summed E-state index contributed by atoms with van der Waals surface area (Å²) in [5, 5.41) is 10.9. The van der Waals surface area contributed by atoms with E-state index in [2.05, 4.69) is 67.2 Å². The van der Waals surface area contributed by atoms with E-state index in [1.807, 2.05) is 10.9 Å². The number of rotatable bonds is 8. The standard InChI is InChI=1S/C16H22BrN5/c1-13(21-11-8-14-7-10-18-16(14)21)22-12-15(19-20-22)6-4-2-3-5-9-17/h7-8,10-13,18H,2-6,9H2,1H3. The van der Waals surface area contributed by atoms with Crippen molar-refractivity contribution in [2.45, 2.75) is 45.2 Å². The Hall–Kier alpha value is -1.56. The summed E-state index contributed by atoms with van der Waals surface area (Å²) in [6.07, 6.45) is 12.2. The molecule has 0 aromatic carbocycles. The van der Waals surface area contributed by atoms with Gasteiger partial charge in [-0.25, -0.2) is 4.68 Å². The normalized spacial score (nSPS) is 13.0. The van der Waals surface area contributed by atoms with E-state index in [0.717, 1.165) is 23.1 Å². The minimum Gasteiger partial charge on any atom is -0.348 e. The third-order valence-electron chi connectivity index (χ3n) is 4.09. The lowest BCUT2D eigenvalue weighted by molar-refractivity contribution is 0.425. The molecule has 1 unspecified atom stereocenters. The van der Waals surface area contributed by atoms with Crippen LogP contribution in [0, 0.1) is 0 Å². The number of unbranched alkanes of at least 4 members (excludes halogenated alkanes) is 3. The van der Waals surface area contributed by atoms with Crippen LogP contribution in [-0.2, 0) is 6.42 Å². The molecule has 118 valence electrons. The molecule has 3 rings (SSSR count). The van der Waals surface area contributed by atoms with E-state index < -0.39 is 0 Å². The molecule has 1 N–H and O–H groups in total. The average Bonchev–Trinajstić information content (AvgIpc) is 3.22. The molecule has 3 aromatic rings. The van der Waals surface area contributed by atoms with Gasteiger partial charge in [-0.2, -0.15) is 0 Å². The molecule has 0 fully saturated rings. The van der Waals surface area contributed by atoms with Crippen LogP contribution < -0.4 is 0 Å². The Kier molecular flexibility index (Phi) is 4.97. The molecule has 0 amide bonds. The van der Waals surface area contributed by atoms with Crippen molar-refractivity contribution in [2.24, 2.45) is 0 Å². The van der Waals surface area contributed by atoms with Gasteiger partial charge in [-0.1, -0.05) is 34.0 Å². The van der Waals surface area contributed by atoms with E-state index in [4.69, 9.17) is 0 Å². The number of nitrogens with one attached hydrogen (secondary N) is 1. The van der Waals surface area contributed by atoms with Crippen LogP contribution in [0.1, 0.15) is 44.5 Å². The molecule has 0 bridgehead atoms. The summed E-state index contributed by atoms with van der Waals surface area (Å²) in [4.78, 5) is 3.28. The summed E-state index contributed by atoms with van der Waals surface area (Å²) < 4.78 is 4.12. The molecule has 0 saturated carbocycles. The lowest BCUT2D eigenvalue weighted by atomic mass is 10.1. The molecule has 6 heteroatoms. The second-order valence-electron chi connectivity index (χ2n) is 5.68. The van der Waals surface area contributed by atoms with Gasteiger partial charge < -0.3 is 9.55 Å². The molecule has 3 aromatic heterocycles. The number of hydrogen-bond donors (Lipinski definition) is 1. The number of alkyl halides is 1. The molecule has 0 saturated heterocycles. The van der Waals surface area contributed by atoms with Gasteiger partial charge in [-0.15, -0.1) is 5.10 Å². The van der Waals surface area contributed by atoms with E-state index in [-0.39, 0.29) is 6.17 Å². The summed E-state index contributed by atoms with van der Waals surface area (Å²) in [5.41, 5.74) is 2.21. The second-order valence-corrected chi connectivity index (χ2v) is 6.47. The van der Waals surface area contributed by atoms with Crippen LogP contribution in [-0.4, -0.2) is 29.9 Å². The molecule has 0 spiro atoms.